The molecule has 0 bridgehead atoms. The van der Waals surface area contributed by atoms with Gasteiger partial charge in [0.15, 0.2) is 0 Å². The fourth-order valence-corrected chi connectivity index (χ4v) is 3.27. The van der Waals surface area contributed by atoms with E-state index in [9.17, 15) is 4.79 Å². The van der Waals surface area contributed by atoms with Gasteiger partial charge in [0.1, 0.15) is 0 Å². The molecule has 0 atom stereocenters. The van der Waals surface area contributed by atoms with Gasteiger partial charge in [0.05, 0.1) is 17.3 Å². The van der Waals surface area contributed by atoms with E-state index < -0.39 is 0 Å². The molecule has 0 aromatic carbocycles. The predicted molar refractivity (Wildman–Crippen MR) is 81.0 cm³/mol. The number of aromatic nitrogens is 1. The van der Waals surface area contributed by atoms with Crippen molar-refractivity contribution < 1.29 is 9.53 Å². The van der Waals surface area contributed by atoms with Crippen LogP contribution in [0.3, 0.4) is 0 Å². The Bertz CT molecular complexity index is 414. The largest absolute Gasteiger partial charge is 0.378 e. The zero-order chi connectivity index (χ0) is 14.2. The number of nitrogens with one attached hydrogen (secondary N) is 1. The number of hydrogen-bond acceptors (Lipinski definition) is 4. The van der Waals surface area contributed by atoms with Gasteiger partial charge in [-0.05, 0) is 32.6 Å². The molecule has 1 aromatic heterocycles. The van der Waals surface area contributed by atoms with Gasteiger partial charge in [-0.15, -0.1) is 11.3 Å². The Balaban J connectivity index is 1.48. The highest BCUT2D eigenvalue weighted by Crippen LogP contribution is 2.20. The van der Waals surface area contributed by atoms with Crippen molar-refractivity contribution in [3.63, 3.8) is 0 Å². The van der Waals surface area contributed by atoms with Crippen LogP contribution in [0.1, 0.15) is 49.1 Å². The normalized spacial score (nSPS) is 15.7. The molecule has 20 heavy (non-hydrogen) atoms. The molecule has 0 saturated heterocycles. The highest BCUT2D eigenvalue weighted by Gasteiger charge is 2.14. The average Bonchev–Trinajstić information content (AvgIpc) is 3.08. The fourth-order valence-electron chi connectivity index (χ4n) is 2.49. The zero-order valence-corrected chi connectivity index (χ0v) is 13.0. The highest BCUT2D eigenvalue weighted by atomic mass is 32.1. The summed E-state index contributed by atoms with van der Waals surface area (Å²) < 4.78 is 5.76. The second-order valence-corrected chi connectivity index (χ2v) is 6.28. The van der Waals surface area contributed by atoms with Crippen molar-refractivity contribution in [2.45, 2.75) is 58.0 Å². The van der Waals surface area contributed by atoms with Gasteiger partial charge in [-0.3, -0.25) is 4.79 Å². The fraction of sp³-hybridized carbons (Fsp3) is 0.733. The van der Waals surface area contributed by atoms with Crippen LogP contribution in [0.15, 0.2) is 5.51 Å². The number of thiazole rings is 1. The van der Waals surface area contributed by atoms with E-state index in [4.69, 9.17) is 4.74 Å². The lowest BCUT2D eigenvalue weighted by Gasteiger charge is -2.11. The molecule has 1 saturated carbocycles. The standard InChI is InChI=1S/C15H24N2O2S/c1-12-14(20-11-17-12)7-8-15(18)16-9-4-10-19-13-5-2-3-6-13/h11,13H,2-10H2,1H3,(H,16,18). The summed E-state index contributed by atoms with van der Waals surface area (Å²) >= 11 is 1.63. The number of nitrogens with zero attached hydrogens (tertiary/aromatic N) is 1. The van der Waals surface area contributed by atoms with Gasteiger partial charge in [-0.1, -0.05) is 12.8 Å². The molecule has 0 aliphatic heterocycles. The third kappa shape index (κ3) is 5.21. The third-order valence-corrected chi connectivity index (χ3v) is 4.72. The smallest absolute Gasteiger partial charge is 0.220 e. The Morgan fingerprint density at radius 3 is 3.00 bits per heavy atom. The van der Waals surface area contributed by atoms with Crippen LogP contribution < -0.4 is 5.32 Å². The van der Waals surface area contributed by atoms with Crippen LogP contribution in [0.25, 0.3) is 0 Å². The van der Waals surface area contributed by atoms with Gasteiger partial charge in [0.25, 0.3) is 0 Å². The Hall–Kier alpha value is -0.940. The number of ether oxygens (including phenoxy) is 1. The molecule has 1 fully saturated rings. The van der Waals surface area contributed by atoms with Crippen molar-refractivity contribution in [3.05, 3.63) is 16.1 Å². The lowest BCUT2D eigenvalue weighted by atomic mass is 10.2. The maximum Gasteiger partial charge on any atom is 0.220 e. The molecular formula is C15H24N2O2S. The summed E-state index contributed by atoms with van der Waals surface area (Å²) in [4.78, 5) is 17.1. The second-order valence-electron chi connectivity index (χ2n) is 5.34. The summed E-state index contributed by atoms with van der Waals surface area (Å²) in [5.41, 5.74) is 2.89. The van der Waals surface area contributed by atoms with E-state index >= 15 is 0 Å². The monoisotopic (exact) mass is 296 g/mol. The number of aryl methyl sites for hydroxylation is 2. The van der Waals surface area contributed by atoms with Crippen molar-refractivity contribution in [2.75, 3.05) is 13.2 Å². The molecule has 2 rings (SSSR count). The van der Waals surface area contributed by atoms with Crippen LogP contribution in [-0.2, 0) is 16.0 Å². The minimum Gasteiger partial charge on any atom is -0.378 e. The summed E-state index contributed by atoms with van der Waals surface area (Å²) in [6.07, 6.45) is 7.74. The summed E-state index contributed by atoms with van der Waals surface area (Å²) in [6, 6.07) is 0. The van der Waals surface area contributed by atoms with Crippen molar-refractivity contribution in [2.24, 2.45) is 0 Å². The van der Waals surface area contributed by atoms with Crippen LogP contribution in [-0.4, -0.2) is 30.1 Å². The number of hydrogen-bond donors (Lipinski definition) is 1. The Labute approximate surface area is 124 Å². The molecule has 4 nitrogen and oxygen atoms in total. The summed E-state index contributed by atoms with van der Waals surface area (Å²) in [5, 5.41) is 2.96. The molecule has 0 unspecified atom stereocenters. The molecule has 1 aromatic rings. The Morgan fingerprint density at radius 1 is 1.50 bits per heavy atom. The quantitative estimate of drug-likeness (QED) is 0.751. The predicted octanol–water partition coefficient (Wildman–Crippen LogP) is 2.85. The van der Waals surface area contributed by atoms with E-state index in [0.717, 1.165) is 25.1 Å². The number of amides is 1. The highest BCUT2D eigenvalue weighted by molar-refractivity contribution is 7.09. The second kappa shape index (κ2) is 8.37. The first kappa shape index (κ1) is 15.4. The molecule has 1 aliphatic carbocycles. The molecular weight excluding hydrogens is 272 g/mol. The zero-order valence-electron chi connectivity index (χ0n) is 12.2. The summed E-state index contributed by atoms with van der Waals surface area (Å²) in [6.45, 7) is 3.47. The van der Waals surface area contributed by atoms with Crippen LogP contribution in [0.4, 0.5) is 0 Å². The van der Waals surface area contributed by atoms with Crippen LogP contribution in [0, 0.1) is 6.92 Å². The number of carbonyl (C=O) groups excluding carboxylic acids is 1. The molecule has 1 N–H and O–H groups in total. The maximum atomic E-state index is 11.7. The molecule has 0 radical (unpaired) electrons. The molecule has 1 heterocycles. The molecule has 0 spiro atoms. The van der Waals surface area contributed by atoms with Gasteiger partial charge in [0.2, 0.25) is 5.91 Å². The lowest BCUT2D eigenvalue weighted by molar-refractivity contribution is -0.121. The van der Waals surface area contributed by atoms with E-state index in [0.29, 0.717) is 19.1 Å². The molecule has 112 valence electrons. The minimum atomic E-state index is 0.124. The van der Waals surface area contributed by atoms with E-state index in [1.54, 1.807) is 11.3 Å². The lowest BCUT2D eigenvalue weighted by Crippen LogP contribution is -2.25. The first-order valence-corrected chi connectivity index (χ1v) is 8.41. The van der Waals surface area contributed by atoms with Crippen LogP contribution >= 0.6 is 11.3 Å². The number of rotatable bonds is 8. The molecule has 5 heteroatoms. The van der Waals surface area contributed by atoms with Crippen LogP contribution in [0.2, 0.25) is 0 Å². The Kier molecular flexibility index (Phi) is 6.47. The molecule has 1 amide bonds. The van der Waals surface area contributed by atoms with Crippen molar-refractivity contribution >= 4 is 17.2 Å². The topological polar surface area (TPSA) is 51.2 Å². The van der Waals surface area contributed by atoms with Gasteiger partial charge < -0.3 is 10.1 Å². The molecule has 1 aliphatic rings. The van der Waals surface area contributed by atoms with Gasteiger partial charge >= 0.3 is 0 Å². The van der Waals surface area contributed by atoms with E-state index in [1.165, 1.54) is 30.6 Å². The van der Waals surface area contributed by atoms with E-state index in [2.05, 4.69) is 10.3 Å². The summed E-state index contributed by atoms with van der Waals surface area (Å²) in [5.74, 6) is 0.124. The van der Waals surface area contributed by atoms with Gasteiger partial charge in [-0.2, -0.15) is 0 Å². The van der Waals surface area contributed by atoms with Gasteiger partial charge in [0, 0.05) is 24.4 Å². The third-order valence-electron chi connectivity index (χ3n) is 3.72. The average molecular weight is 296 g/mol. The summed E-state index contributed by atoms with van der Waals surface area (Å²) in [7, 11) is 0. The van der Waals surface area contributed by atoms with E-state index in [1.807, 2.05) is 12.4 Å². The first-order chi connectivity index (χ1) is 9.75. The minimum absolute atomic E-state index is 0.124. The van der Waals surface area contributed by atoms with E-state index in [-0.39, 0.29) is 5.91 Å². The first-order valence-electron chi connectivity index (χ1n) is 7.53. The van der Waals surface area contributed by atoms with Gasteiger partial charge in [-0.25, -0.2) is 4.98 Å². The Morgan fingerprint density at radius 2 is 2.30 bits per heavy atom. The SMILES string of the molecule is Cc1ncsc1CCC(=O)NCCCOC1CCCC1. The van der Waals surface area contributed by atoms with Crippen molar-refractivity contribution in [1.29, 1.82) is 0 Å². The number of carbonyl (C=O) groups is 1. The van der Waals surface area contributed by atoms with Crippen molar-refractivity contribution in [3.8, 4) is 0 Å². The maximum absolute atomic E-state index is 11.7. The van der Waals surface area contributed by atoms with Crippen LogP contribution in [0.5, 0.6) is 0 Å². The van der Waals surface area contributed by atoms with Crippen molar-refractivity contribution in [1.82, 2.24) is 10.3 Å².